The Morgan fingerprint density at radius 1 is 1.44 bits per heavy atom. The molecule has 0 aliphatic carbocycles. The van der Waals surface area contributed by atoms with E-state index in [0.717, 1.165) is 17.1 Å². The molecule has 18 heavy (non-hydrogen) atoms. The Kier molecular flexibility index (Phi) is 5.27. The number of nitrogens with one attached hydrogen (secondary N) is 1. The van der Waals surface area contributed by atoms with E-state index in [4.69, 9.17) is 10.2 Å². The lowest BCUT2D eigenvalue weighted by Crippen LogP contribution is -2.29. The highest BCUT2D eigenvalue weighted by Crippen LogP contribution is 2.21. The van der Waals surface area contributed by atoms with Gasteiger partial charge in [-0.05, 0) is 26.8 Å². The number of aryl methyl sites for hydroxylation is 2. The molecule has 0 saturated carbocycles. The summed E-state index contributed by atoms with van der Waals surface area (Å²) >= 11 is 1.21. The lowest BCUT2D eigenvalue weighted by Gasteiger charge is -2.12. The van der Waals surface area contributed by atoms with E-state index in [9.17, 15) is 9.59 Å². The lowest BCUT2D eigenvalue weighted by atomic mass is 10.1. The minimum Gasteiger partial charge on any atom is -0.466 e. The Morgan fingerprint density at radius 2 is 2.11 bits per heavy atom. The van der Waals surface area contributed by atoms with Crippen molar-refractivity contribution in [2.75, 3.05) is 11.5 Å². The number of primary amides is 1. The summed E-state index contributed by atoms with van der Waals surface area (Å²) in [6.07, 6.45) is 0. The second kappa shape index (κ2) is 6.49. The van der Waals surface area contributed by atoms with E-state index in [2.05, 4.69) is 5.32 Å². The molecule has 0 aromatic carbocycles. The number of carbonyl (C=O) groups is 2. The predicted molar refractivity (Wildman–Crippen MR) is 71.3 cm³/mol. The first-order valence-electron chi connectivity index (χ1n) is 5.62. The van der Waals surface area contributed by atoms with Crippen LogP contribution in [0.4, 0.5) is 0 Å². The molecule has 0 bridgehead atoms. The summed E-state index contributed by atoms with van der Waals surface area (Å²) in [6, 6.07) is 1.81. The predicted octanol–water partition coefficient (Wildman–Crippen LogP) is 1.29. The van der Waals surface area contributed by atoms with Crippen LogP contribution in [0.1, 0.15) is 30.0 Å². The van der Waals surface area contributed by atoms with E-state index in [0.29, 0.717) is 0 Å². The molecule has 1 unspecified atom stereocenters. The molecule has 5 nitrogen and oxygen atoms in total. The van der Waals surface area contributed by atoms with Crippen molar-refractivity contribution in [2.45, 2.75) is 26.8 Å². The van der Waals surface area contributed by atoms with Crippen molar-refractivity contribution < 1.29 is 14.0 Å². The molecule has 1 aromatic heterocycles. The van der Waals surface area contributed by atoms with Gasteiger partial charge in [0.25, 0.3) is 0 Å². The Bertz CT molecular complexity index is 443. The van der Waals surface area contributed by atoms with Gasteiger partial charge in [0.2, 0.25) is 11.8 Å². The molecule has 0 aliphatic rings. The van der Waals surface area contributed by atoms with E-state index < -0.39 is 5.91 Å². The largest absolute Gasteiger partial charge is 0.466 e. The highest BCUT2D eigenvalue weighted by atomic mass is 32.2. The van der Waals surface area contributed by atoms with Crippen LogP contribution in [0.25, 0.3) is 0 Å². The maximum atomic E-state index is 11.6. The average Bonchev–Trinajstić information content (AvgIpc) is 2.57. The van der Waals surface area contributed by atoms with Gasteiger partial charge in [-0.25, -0.2) is 0 Å². The number of hydrogen-bond acceptors (Lipinski definition) is 4. The molecule has 0 fully saturated rings. The monoisotopic (exact) mass is 270 g/mol. The molecule has 100 valence electrons. The number of furan rings is 1. The van der Waals surface area contributed by atoms with Gasteiger partial charge >= 0.3 is 0 Å². The van der Waals surface area contributed by atoms with Crippen LogP contribution in [0.5, 0.6) is 0 Å². The molecule has 3 N–H and O–H groups in total. The Balaban J connectivity index is 2.44. The van der Waals surface area contributed by atoms with Crippen LogP contribution in [-0.4, -0.2) is 23.3 Å². The maximum Gasteiger partial charge on any atom is 0.230 e. The molecular formula is C12H18N2O3S. The van der Waals surface area contributed by atoms with Crippen molar-refractivity contribution >= 4 is 23.6 Å². The first kappa shape index (κ1) is 14.6. The van der Waals surface area contributed by atoms with Crippen molar-refractivity contribution in [3.05, 3.63) is 23.2 Å². The van der Waals surface area contributed by atoms with E-state index in [1.54, 1.807) is 0 Å². The zero-order chi connectivity index (χ0) is 13.7. The van der Waals surface area contributed by atoms with Gasteiger partial charge in [0.1, 0.15) is 11.5 Å². The van der Waals surface area contributed by atoms with Crippen molar-refractivity contribution in [3.8, 4) is 0 Å². The molecule has 1 rings (SSSR count). The third-order valence-electron chi connectivity index (χ3n) is 2.40. The molecule has 6 heteroatoms. The van der Waals surface area contributed by atoms with Crippen LogP contribution in [0.2, 0.25) is 0 Å². The van der Waals surface area contributed by atoms with Crippen molar-refractivity contribution in [2.24, 2.45) is 5.73 Å². The quantitative estimate of drug-likeness (QED) is 0.815. The summed E-state index contributed by atoms with van der Waals surface area (Å²) in [5.41, 5.74) is 5.96. The Hall–Kier alpha value is -1.43. The molecule has 0 saturated heterocycles. The summed E-state index contributed by atoms with van der Waals surface area (Å²) in [7, 11) is 0. The van der Waals surface area contributed by atoms with Gasteiger partial charge in [-0.2, -0.15) is 0 Å². The smallest absolute Gasteiger partial charge is 0.230 e. The van der Waals surface area contributed by atoms with E-state index in [-0.39, 0.29) is 23.5 Å². The number of carbonyl (C=O) groups excluding carboxylic acids is 2. The van der Waals surface area contributed by atoms with E-state index >= 15 is 0 Å². The summed E-state index contributed by atoms with van der Waals surface area (Å²) in [5.74, 6) is 1.49. The van der Waals surface area contributed by atoms with Gasteiger partial charge in [-0.15, -0.1) is 11.8 Å². The van der Waals surface area contributed by atoms with Crippen LogP contribution in [0, 0.1) is 13.8 Å². The third-order valence-corrected chi connectivity index (χ3v) is 3.36. The van der Waals surface area contributed by atoms with Gasteiger partial charge in [0.05, 0.1) is 17.5 Å². The minimum absolute atomic E-state index is 0.107. The Labute approximate surface area is 110 Å². The molecule has 0 radical (unpaired) electrons. The van der Waals surface area contributed by atoms with Gasteiger partial charge in [0.15, 0.2) is 0 Å². The lowest BCUT2D eigenvalue weighted by molar-refractivity contribution is -0.119. The van der Waals surface area contributed by atoms with Crippen molar-refractivity contribution in [1.29, 1.82) is 0 Å². The normalized spacial score (nSPS) is 12.2. The number of thioether (sulfide) groups is 1. The SMILES string of the molecule is Cc1cc(C(C)NC(=O)CSCC(N)=O)c(C)o1. The van der Waals surface area contributed by atoms with Gasteiger partial charge < -0.3 is 15.5 Å². The summed E-state index contributed by atoms with van der Waals surface area (Å²) in [5, 5.41) is 2.85. The zero-order valence-electron chi connectivity index (χ0n) is 10.8. The number of rotatable bonds is 6. The fourth-order valence-corrected chi connectivity index (χ4v) is 2.26. The van der Waals surface area contributed by atoms with Crippen LogP contribution < -0.4 is 11.1 Å². The number of amides is 2. The minimum atomic E-state index is -0.415. The van der Waals surface area contributed by atoms with Crippen molar-refractivity contribution in [1.82, 2.24) is 5.32 Å². The standard InChI is InChI=1S/C12H18N2O3S/c1-7-4-10(9(3)17-7)8(2)14-12(16)6-18-5-11(13)15/h4,8H,5-6H2,1-3H3,(H2,13,15)(H,14,16). The van der Waals surface area contributed by atoms with Gasteiger partial charge in [-0.1, -0.05) is 0 Å². The maximum absolute atomic E-state index is 11.6. The first-order chi connectivity index (χ1) is 8.40. The zero-order valence-corrected chi connectivity index (χ0v) is 11.6. The highest BCUT2D eigenvalue weighted by molar-refractivity contribution is 8.00. The van der Waals surface area contributed by atoms with E-state index in [1.807, 2.05) is 26.8 Å². The molecule has 2 amide bonds. The fraction of sp³-hybridized carbons (Fsp3) is 0.500. The molecule has 1 heterocycles. The van der Waals surface area contributed by atoms with Crippen LogP contribution in [0.15, 0.2) is 10.5 Å². The molecule has 0 spiro atoms. The van der Waals surface area contributed by atoms with Gasteiger partial charge in [0, 0.05) is 5.56 Å². The molecule has 1 atom stereocenters. The second-order valence-electron chi connectivity index (χ2n) is 4.12. The third kappa shape index (κ3) is 4.44. The van der Waals surface area contributed by atoms with Gasteiger partial charge in [-0.3, -0.25) is 9.59 Å². The first-order valence-corrected chi connectivity index (χ1v) is 6.78. The average molecular weight is 270 g/mol. The number of nitrogens with two attached hydrogens (primary N) is 1. The molecule has 0 aliphatic heterocycles. The van der Waals surface area contributed by atoms with E-state index in [1.165, 1.54) is 11.8 Å². The molecular weight excluding hydrogens is 252 g/mol. The van der Waals surface area contributed by atoms with Crippen LogP contribution in [0.3, 0.4) is 0 Å². The second-order valence-corrected chi connectivity index (χ2v) is 5.10. The van der Waals surface area contributed by atoms with Crippen molar-refractivity contribution in [3.63, 3.8) is 0 Å². The van der Waals surface area contributed by atoms with Crippen LogP contribution in [-0.2, 0) is 9.59 Å². The summed E-state index contributed by atoms with van der Waals surface area (Å²) in [4.78, 5) is 22.1. The Morgan fingerprint density at radius 3 is 2.61 bits per heavy atom. The highest BCUT2D eigenvalue weighted by Gasteiger charge is 2.15. The molecule has 1 aromatic rings. The summed E-state index contributed by atoms with van der Waals surface area (Å²) < 4.78 is 5.41. The number of hydrogen-bond donors (Lipinski definition) is 2. The van der Waals surface area contributed by atoms with Crippen LogP contribution >= 0.6 is 11.8 Å². The fourth-order valence-electron chi connectivity index (χ4n) is 1.69. The topological polar surface area (TPSA) is 85.3 Å². The summed E-state index contributed by atoms with van der Waals surface area (Å²) in [6.45, 7) is 5.63.